The number of hydrogen-bond donors (Lipinski definition) is 1. The van der Waals surface area contributed by atoms with Crippen LogP contribution in [0.15, 0.2) is 46.6 Å². The Hall–Kier alpha value is -2.07. The number of nitrogens with zero attached hydrogens (tertiary/aromatic N) is 1. The smallest absolute Gasteiger partial charge is 0.277 e. The number of benzene rings is 1. The van der Waals surface area contributed by atoms with Crippen molar-refractivity contribution in [2.45, 2.75) is 40.5 Å². The largest absolute Gasteiger partial charge is 0.483 e. The molecule has 0 heterocycles. The minimum Gasteiger partial charge on any atom is -0.483 e. The van der Waals surface area contributed by atoms with Crippen LogP contribution < -0.4 is 10.2 Å². The number of carbonyl (C=O) groups excluding carboxylic acids is 1. The maximum Gasteiger partial charge on any atom is 0.277 e. The minimum atomic E-state index is -0.309. The van der Waals surface area contributed by atoms with Gasteiger partial charge in [0.2, 0.25) is 0 Å². The molecular formula is C19H25ClN2O2. The van der Waals surface area contributed by atoms with E-state index in [1.165, 1.54) is 11.1 Å². The molecule has 24 heavy (non-hydrogen) atoms. The van der Waals surface area contributed by atoms with Gasteiger partial charge in [-0.05, 0) is 70.4 Å². The standard InChI is InChI=1S/C19H25ClN2O2/c1-14(2)6-5-7-15(3)10-11-21-22-19(23)13-24-18-9-8-17(20)12-16(18)4/h6,8-12H,5,7,13H2,1-4H3,(H,22,23)/b15-10+,21-11+. The van der Waals surface area contributed by atoms with E-state index in [-0.39, 0.29) is 12.5 Å². The molecule has 0 atom stereocenters. The topological polar surface area (TPSA) is 50.7 Å². The lowest BCUT2D eigenvalue weighted by Gasteiger charge is -2.08. The van der Waals surface area contributed by atoms with E-state index in [0.717, 1.165) is 18.4 Å². The molecule has 1 amide bonds. The predicted molar refractivity (Wildman–Crippen MR) is 101 cm³/mol. The van der Waals surface area contributed by atoms with E-state index in [2.05, 4.69) is 30.5 Å². The van der Waals surface area contributed by atoms with E-state index in [0.29, 0.717) is 10.8 Å². The monoisotopic (exact) mass is 348 g/mol. The van der Waals surface area contributed by atoms with Crippen LogP contribution in [0.5, 0.6) is 5.75 Å². The van der Waals surface area contributed by atoms with Crippen LogP contribution in [0.1, 0.15) is 39.2 Å². The Kier molecular flexibility index (Phi) is 8.87. The summed E-state index contributed by atoms with van der Waals surface area (Å²) in [5.74, 6) is 0.324. The third-order valence-electron chi connectivity index (χ3n) is 3.21. The summed E-state index contributed by atoms with van der Waals surface area (Å²) in [6, 6.07) is 5.26. The molecule has 5 heteroatoms. The van der Waals surface area contributed by atoms with Crippen molar-refractivity contribution in [2.75, 3.05) is 6.61 Å². The van der Waals surface area contributed by atoms with Crippen molar-refractivity contribution < 1.29 is 9.53 Å². The highest BCUT2D eigenvalue weighted by Gasteiger charge is 2.04. The highest BCUT2D eigenvalue weighted by Crippen LogP contribution is 2.21. The molecule has 0 bridgehead atoms. The first-order chi connectivity index (χ1) is 11.4. The van der Waals surface area contributed by atoms with Crippen LogP contribution in [0.3, 0.4) is 0 Å². The quantitative estimate of drug-likeness (QED) is 0.416. The van der Waals surface area contributed by atoms with Gasteiger partial charge < -0.3 is 4.74 Å². The molecule has 1 rings (SSSR count). The van der Waals surface area contributed by atoms with Crippen molar-refractivity contribution in [3.8, 4) is 5.75 Å². The van der Waals surface area contributed by atoms with Crippen molar-refractivity contribution in [2.24, 2.45) is 5.10 Å². The third-order valence-corrected chi connectivity index (χ3v) is 3.44. The summed E-state index contributed by atoms with van der Waals surface area (Å²) in [7, 11) is 0. The molecule has 0 radical (unpaired) electrons. The molecule has 0 fully saturated rings. The number of amides is 1. The molecule has 130 valence electrons. The van der Waals surface area contributed by atoms with E-state index >= 15 is 0 Å². The van der Waals surface area contributed by atoms with Crippen LogP contribution in [0, 0.1) is 6.92 Å². The van der Waals surface area contributed by atoms with E-state index in [4.69, 9.17) is 16.3 Å². The maximum atomic E-state index is 11.7. The van der Waals surface area contributed by atoms with Gasteiger partial charge in [0.1, 0.15) is 5.75 Å². The van der Waals surface area contributed by atoms with E-state index in [9.17, 15) is 4.79 Å². The molecule has 0 aliphatic carbocycles. The van der Waals surface area contributed by atoms with Crippen LogP contribution in [-0.2, 0) is 4.79 Å². The van der Waals surface area contributed by atoms with Gasteiger partial charge in [0.25, 0.3) is 5.91 Å². The van der Waals surface area contributed by atoms with Gasteiger partial charge in [-0.1, -0.05) is 28.8 Å². The Bertz CT molecular complexity index is 645. The van der Waals surface area contributed by atoms with Crippen molar-refractivity contribution >= 4 is 23.7 Å². The molecule has 0 aromatic heterocycles. The molecule has 1 aromatic carbocycles. The SMILES string of the molecule is CC(C)=CCC/C(C)=C/C=N/NC(=O)COc1ccc(Cl)cc1C. The number of ether oxygens (including phenoxy) is 1. The number of hydrazone groups is 1. The minimum absolute atomic E-state index is 0.0942. The number of carbonyl (C=O) groups is 1. The van der Waals surface area contributed by atoms with Gasteiger partial charge in [-0.2, -0.15) is 5.10 Å². The molecule has 4 nitrogen and oxygen atoms in total. The first kappa shape index (κ1) is 20.0. The molecule has 0 spiro atoms. The van der Waals surface area contributed by atoms with Crippen LogP contribution in [0.2, 0.25) is 5.02 Å². The lowest BCUT2D eigenvalue weighted by Crippen LogP contribution is -2.24. The lowest BCUT2D eigenvalue weighted by molar-refractivity contribution is -0.123. The number of aryl methyl sites for hydroxylation is 1. The summed E-state index contributed by atoms with van der Waals surface area (Å²) >= 11 is 5.87. The van der Waals surface area contributed by atoms with Gasteiger partial charge in [-0.3, -0.25) is 4.79 Å². The number of nitrogens with one attached hydrogen (secondary N) is 1. The van der Waals surface area contributed by atoms with Gasteiger partial charge in [-0.15, -0.1) is 0 Å². The van der Waals surface area contributed by atoms with Crippen molar-refractivity contribution in [3.05, 3.63) is 52.1 Å². The van der Waals surface area contributed by atoms with Gasteiger partial charge >= 0.3 is 0 Å². The highest BCUT2D eigenvalue weighted by atomic mass is 35.5. The Morgan fingerprint density at radius 3 is 2.75 bits per heavy atom. The normalized spacial score (nSPS) is 11.5. The fraction of sp³-hybridized carbons (Fsp3) is 0.368. The molecule has 0 unspecified atom stereocenters. The third kappa shape index (κ3) is 8.53. The molecule has 0 saturated heterocycles. The van der Waals surface area contributed by atoms with Crippen molar-refractivity contribution in [1.82, 2.24) is 5.43 Å². The van der Waals surface area contributed by atoms with Crippen molar-refractivity contribution in [3.63, 3.8) is 0 Å². The first-order valence-corrected chi connectivity index (χ1v) is 8.26. The zero-order valence-corrected chi connectivity index (χ0v) is 15.5. The van der Waals surface area contributed by atoms with Crippen LogP contribution in [-0.4, -0.2) is 18.7 Å². The van der Waals surface area contributed by atoms with Crippen LogP contribution in [0.4, 0.5) is 0 Å². The fourth-order valence-electron chi connectivity index (χ4n) is 1.90. The molecule has 0 aliphatic rings. The fourth-order valence-corrected chi connectivity index (χ4v) is 2.12. The van der Waals surface area contributed by atoms with E-state index < -0.39 is 0 Å². The summed E-state index contributed by atoms with van der Waals surface area (Å²) in [4.78, 5) is 11.7. The Balaban J connectivity index is 2.33. The van der Waals surface area contributed by atoms with Crippen LogP contribution >= 0.6 is 11.6 Å². The second-order valence-corrected chi connectivity index (χ2v) is 6.28. The zero-order chi connectivity index (χ0) is 17.9. The van der Waals surface area contributed by atoms with Gasteiger partial charge in [-0.25, -0.2) is 5.43 Å². The summed E-state index contributed by atoms with van der Waals surface area (Å²) in [5.41, 5.74) is 5.85. The van der Waals surface area contributed by atoms with Crippen molar-refractivity contribution in [1.29, 1.82) is 0 Å². The Labute approximate surface area is 149 Å². The molecule has 1 N–H and O–H groups in total. The highest BCUT2D eigenvalue weighted by molar-refractivity contribution is 6.30. The molecule has 1 aromatic rings. The second kappa shape index (κ2) is 10.7. The number of allylic oxidation sites excluding steroid dienone is 4. The molecule has 0 aliphatic heterocycles. The van der Waals surface area contributed by atoms with E-state index in [1.54, 1.807) is 24.4 Å². The predicted octanol–water partition coefficient (Wildman–Crippen LogP) is 4.82. The summed E-state index contributed by atoms with van der Waals surface area (Å²) < 4.78 is 5.44. The summed E-state index contributed by atoms with van der Waals surface area (Å²) in [5, 5.41) is 4.53. The van der Waals surface area contributed by atoms with E-state index in [1.807, 2.05) is 19.9 Å². The summed E-state index contributed by atoms with van der Waals surface area (Å²) in [6.07, 6.45) is 7.67. The number of rotatable bonds is 8. The average molecular weight is 349 g/mol. The molecule has 0 saturated carbocycles. The Morgan fingerprint density at radius 2 is 2.08 bits per heavy atom. The maximum absolute atomic E-state index is 11.7. The first-order valence-electron chi connectivity index (χ1n) is 7.88. The number of hydrogen-bond acceptors (Lipinski definition) is 3. The van der Waals surface area contributed by atoms with Gasteiger partial charge in [0, 0.05) is 11.2 Å². The second-order valence-electron chi connectivity index (χ2n) is 5.84. The number of halogens is 1. The van der Waals surface area contributed by atoms with Gasteiger partial charge in [0.15, 0.2) is 6.61 Å². The van der Waals surface area contributed by atoms with Gasteiger partial charge in [0.05, 0.1) is 0 Å². The molecular weight excluding hydrogens is 324 g/mol. The lowest BCUT2D eigenvalue weighted by atomic mass is 10.1. The van der Waals surface area contributed by atoms with Crippen LogP contribution in [0.25, 0.3) is 0 Å². The summed E-state index contributed by atoms with van der Waals surface area (Å²) in [6.45, 7) is 8.00. The average Bonchev–Trinajstić information content (AvgIpc) is 2.50. The zero-order valence-electron chi connectivity index (χ0n) is 14.7. The Morgan fingerprint density at radius 1 is 1.33 bits per heavy atom.